The summed E-state index contributed by atoms with van der Waals surface area (Å²) in [4.78, 5) is 15.4. The fourth-order valence-electron chi connectivity index (χ4n) is 2.21. The van der Waals surface area contributed by atoms with Crippen molar-refractivity contribution in [1.29, 1.82) is 0 Å². The van der Waals surface area contributed by atoms with E-state index in [1.54, 1.807) is 30.3 Å². The molecule has 0 unspecified atom stereocenters. The summed E-state index contributed by atoms with van der Waals surface area (Å²) < 4.78 is 14.3. The summed E-state index contributed by atoms with van der Waals surface area (Å²) in [6.45, 7) is 1.37. The maximum atomic E-state index is 14.3. The van der Waals surface area contributed by atoms with Crippen LogP contribution < -0.4 is 10.7 Å². The number of benzene rings is 2. The predicted octanol–water partition coefficient (Wildman–Crippen LogP) is 4.82. The van der Waals surface area contributed by atoms with Gasteiger partial charge in [0.15, 0.2) is 5.17 Å². The predicted molar refractivity (Wildman–Crippen MR) is 106 cm³/mol. The van der Waals surface area contributed by atoms with Crippen molar-refractivity contribution in [2.24, 2.45) is 10.1 Å². The van der Waals surface area contributed by atoms with Crippen molar-refractivity contribution in [1.82, 2.24) is 5.43 Å². The van der Waals surface area contributed by atoms with Crippen LogP contribution in [-0.4, -0.2) is 22.5 Å². The zero-order valence-corrected chi connectivity index (χ0v) is 15.8. The molecule has 0 aromatic heterocycles. The monoisotopic (exact) mass is 410 g/mol. The summed E-state index contributed by atoms with van der Waals surface area (Å²) in [5.41, 5.74) is 4.77. The first-order valence-corrected chi connectivity index (χ1v) is 9.23. The number of amides is 1. The summed E-state index contributed by atoms with van der Waals surface area (Å²) in [6.07, 6.45) is 0. The van der Waals surface area contributed by atoms with E-state index in [2.05, 4.69) is 20.8 Å². The van der Waals surface area contributed by atoms with E-state index < -0.39 is 5.82 Å². The lowest BCUT2D eigenvalue weighted by molar-refractivity contribution is -0.114. The number of amidine groups is 1. The van der Waals surface area contributed by atoms with Crippen LogP contribution in [0.15, 0.2) is 46.5 Å². The first kappa shape index (κ1) is 18.7. The van der Waals surface area contributed by atoms with Crippen LogP contribution in [0.1, 0.15) is 12.5 Å². The molecule has 0 spiro atoms. The molecule has 0 saturated carbocycles. The van der Waals surface area contributed by atoms with Gasteiger partial charge in [-0.05, 0) is 36.4 Å². The molecular weight excluding hydrogens is 398 g/mol. The van der Waals surface area contributed by atoms with Gasteiger partial charge in [0.05, 0.1) is 21.4 Å². The van der Waals surface area contributed by atoms with Gasteiger partial charge < -0.3 is 5.32 Å². The Labute approximate surface area is 163 Å². The van der Waals surface area contributed by atoms with Gasteiger partial charge in [-0.2, -0.15) is 5.10 Å². The zero-order valence-electron chi connectivity index (χ0n) is 13.5. The number of hydrogen-bond donors (Lipinski definition) is 2. The number of thioether (sulfide) groups is 1. The highest BCUT2D eigenvalue weighted by atomic mass is 35.5. The van der Waals surface area contributed by atoms with Crippen LogP contribution in [0, 0.1) is 5.82 Å². The van der Waals surface area contributed by atoms with Crippen molar-refractivity contribution in [3.05, 3.63) is 57.8 Å². The van der Waals surface area contributed by atoms with E-state index in [0.717, 1.165) is 0 Å². The summed E-state index contributed by atoms with van der Waals surface area (Å²) in [5.74, 6) is -0.265. The summed E-state index contributed by atoms with van der Waals surface area (Å²) in [6, 6.07) is 9.54. The second-order valence-corrected chi connectivity index (χ2v) is 7.13. The molecule has 2 aromatic rings. The molecule has 9 heteroatoms. The molecule has 0 radical (unpaired) electrons. The van der Waals surface area contributed by atoms with E-state index in [-0.39, 0.29) is 5.91 Å². The van der Waals surface area contributed by atoms with Gasteiger partial charge in [-0.3, -0.25) is 10.2 Å². The number of aliphatic imine (C=N–C) groups is 1. The molecule has 1 amide bonds. The number of anilines is 1. The number of rotatable bonds is 3. The number of carbonyl (C=O) groups excluding carboxylic acids is 1. The fraction of sp³-hybridized carbons (Fsp3) is 0.118. The quantitative estimate of drug-likeness (QED) is 0.761. The van der Waals surface area contributed by atoms with Crippen LogP contribution in [0.5, 0.6) is 0 Å². The Balaban J connectivity index is 1.76. The number of nitrogens with one attached hydrogen (secondary N) is 2. The highest BCUT2D eigenvalue weighted by Gasteiger charge is 2.17. The molecule has 0 fully saturated rings. The minimum absolute atomic E-state index is 0.257. The van der Waals surface area contributed by atoms with Crippen LogP contribution in [0.4, 0.5) is 15.8 Å². The number of hydrazone groups is 1. The van der Waals surface area contributed by atoms with Crippen LogP contribution in [0.3, 0.4) is 0 Å². The average molecular weight is 411 g/mol. The average Bonchev–Trinajstić information content (AvgIpc) is 2.59. The fourth-order valence-corrected chi connectivity index (χ4v) is 3.28. The van der Waals surface area contributed by atoms with Crippen LogP contribution in [0.25, 0.3) is 0 Å². The maximum absolute atomic E-state index is 14.3. The van der Waals surface area contributed by atoms with Gasteiger partial charge in [0, 0.05) is 23.9 Å². The van der Waals surface area contributed by atoms with Crippen LogP contribution in [0.2, 0.25) is 10.0 Å². The van der Waals surface area contributed by atoms with Crippen LogP contribution >= 0.6 is 35.0 Å². The Morgan fingerprint density at radius 3 is 2.69 bits per heavy atom. The standard InChI is InChI=1S/C17H13Cl2FN4OS/c1-9(25)21-11-2-4-12(15(20)7-11)16-8-26-17(24-23-16)22-10-3-5-13(18)14(19)6-10/h2-7H,8H2,1H3,(H,21,25)(H,22,24). The molecule has 134 valence electrons. The number of halogens is 3. The largest absolute Gasteiger partial charge is 0.326 e. The number of nitrogens with zero attached hydrogens (tertiary/aromatic N) is 2. The maximum Gasteiger partial charge on any atom is 0.221 e. The summed E-state index contributed by atoms with van der Waals surface area (Å²) in [5, 5.41) is 8.18. The van der Waals surface area contributed by atoms with Crippen molar-refractivity contribution < 1.29 is 9.18 Å². The molecule has 1 heterocycles. The molecule has 26 heavy (non-hydrogen) atoms. The van der Waals surface area contributed by atoms with Crippen molar-refractivity contribution in [2.75, 3.05) is 11.1 Å². The zero-order chi connectivity index (χ0) is 18.7. The van der Waals surface area contributed by atoms with Gasteiger partial charge in [0.2, 0.25) is 5.91 Å². The van der Waals surface area contributed by atoms with Gasteiger partial charge in [0.25, 0.3) is 0 Å². The second-order valence-electron chi connectivity index (χ2n) is 5.35. The van der Waals surface area contributed by atoms with Gasteiger partial charge in [-0.1, -0.05) is 35.0 Å². The van der Waals surface area contributed by atoms with E-state index >= 15 is 0 Å². The Morgan fingerprint density at radius 2 is 2.08 bits per heavy atom. The minimum atomic E-state index is -0.456. The molecule has 2 N–H and O–H groups in total. The summed E-state index contributed by atoms with van der Waals surface area (Å²) >= 11 is 13.2. The van der Waals surface area contributed by atoms with E-state index in [1.165, 1.54) is 24.8 Å². The molecule has 1 aliphatic heterocycles. The lowest BCUT2D eigenvalue weighted by atomic mass is 10.1. The normalized spacial score (nSPS) is 15.4. The number of carbonyl (C=O) groups is 1. The number of hydrogen-bond acceptors (Lipinski definition) is 4. The van der Waals surface area contributed by atoms with E-state index in [4.69, 9.17) is 23.2 Å². The summed E-state index contributed by atoms with van der Waals surface area (Å²) in [7, 11) is 0. The molecule has 3 rings (SSSR count). The smallest absolute Gasteiger partial charge is 0.221 e. The molecule has 2 aromatic carbocycles. The Morgan fingerprint density at radius 1 is 1.27 bits per heavy atom. The molecular formula is C17H13Cl2FN4OS. The van der Waals surface area contributed by atoms with Crippen molar-refractivity contribution in [3.8, 4) is 0 Å². The van der Waals surface area contributed by atoms with Crippen molar-refractivity contribution in [2.45, 2.75) is 6.92 Å². The highest BCUT2D eigenvalue weighted by Crippen LogP contribution is 2.28. The van der Waals surface area contributed by atoms with E-state index in [1.807, 2.05) is 0 Å². The molecule has 0 bridgehead atoms. The van der Waals surface area contributed by atoms with E-state index in [9.17, 15) is 9.18 Å². The van der Waals surface area contributed by atoms with Gasteiger partial charge >= 0.3 is 0 Å². The Kier molecular flexibility index (Phi) is 5.80. The first-order chi connectivity index (χ1) is 12.4. The molecule has 1 aliphatic rings. The topological polar surface area (TPSA) is 65.8 Å². The van der Waals surface area contributed by atoms with Crippen molar-refractivity contribution in [3.63, 3.8) is 0 Å². The third-order valence-electron chi connectivity index (χ3n) is 3.37. The third kappa shape index (κ3) is 4.55. The second kappa shape index (κ2) is 8.07. The lowest BCUT2D eigenvalue weighted by Gasteiger charge is -2.16. The lowest BCUT2D eigenvalue weighted by Crippen LogP contribution is -2.25. The van der Waals surface area contributed by atoms with Gasteiger partial charge in [0.1, 0.15) is 5.82 Å². The molecule has 5 nitrogen and oxygen atoms in total. The van der Waals surface area contributed by atoms with Gasteiger partial charge in [-0.15, -0.1) is 0 Å². The Bertz CT molecular complexity index is 933. The highest BCUT2D eigenvalue weighted by molar-refractivity contribution is 8.14. The van der Waals surface area contributed by atoms with Crippen LogP contribution in [-0.2, 0) is 4.79 Å². The third-order valence-corrected chi connectivity index (χ3v) is 4.98. The molecule has 0 saturated heterocycles. The minimum Gasteiger partial charge on any atom is -0.326 e. The molecule has 0 aliphatic carbocycles. The first-order valence-electron chi connectivity index (χ1n) is 7.49. The van der Waals surface area contributed by atoms with Gasteiger partial charge in [-0.25, -0.2) is 9.38 Å². The molecule has 0 atom stereocenters. The Hall–Kier alpha value is -2.09. The SMILES string of the molecule is CC(=O)Nc1ccc(C2=NNC(=Nc3ccc(Cl)c(Cl)c3)SC2)c(F)c1. The van der Waals surface area contributed by atoms with E-state index in [0.29, 0.717) is 43.6 Å². The van der Waals surface area contributed by atoms with Crippen molar-refractivity contribution >= 4 is 63.1 Å².